The lowest BCUT2D eigenvalue weighted by Gasteiger charge is -2.10. The summed E-state index contributed by atoms with van der Waals surface area (Å²) in [6.07, 6.45) is 1.62. The lowest BCUT2D eigenvalue weighted by molar-refractivity contribution is -0.122. The Balaban J connectivity index is 2.38. The summed E-state index contributed by atoms with van der Waals surface area (Å²) in [5.41, 5.74) is 0.822. The van der Waals surface area contributed by atoms with E-state index in [0.29, 0.717) is 6.54 Å². The molecule has 1 heterocycles. The number of aromatic nitrogens is 2. The molecule has 5 heteroatoms. The van der Waals surface area contributed by atoms with Crippen LogP contribution in [0.4, 0.5) is 0 Å². The van der Waals surface area contributed by atoms with Gasteiger partial charge in [-0.25, -0.2) is 0 Å². The number of nitrogens with zero attached hydrogens (tertiary/aromatic N) is 2. The Kier molecular flexibility index (Phi) is 4.00. The average molecular weight is 194 g/mol. The van der Waals surface area contributed by atoms with E-state index in [4.69, 9.17) is 0 Å². The van der Waals surface area contributed by atoms with Crippen molar-refractivity contribution in [2.75, 3.05) is 7.05 Å². The highest BCUT2D eigenvalue weighted by molar-refractivity contribution is 5.80. The van der Waals surface area contributed by atoms with E-state index in [1.165, 1.54) is 0 Å². The van der Waals surface area contributed by atoms with E-state index in [9.17, 15) is 4.79 Å². The van der Waals surface area contributed by atoms with Crippen LogP contribution >= 0.6 is 0 Å². The van der Waals surface area contributed by atoms with Crippen molar-refractivity contribution in [2.24, 2.45) is 0 Å². The van der Waals surface area contributed by atoms with Gasteiger partial charge in [0.15, 0.2) is 0 Å². The van der Waals surface area contributed by atoms with Gasteiger partial charge >= 0.3 is 0 Å². The fraction of sp³-hybridized carbons (Fsp3) is 0.444. The van der Waals surface area contributed by atoms with Crippen LogP contribution in [0, 0.1) is 0 Å². The maximum atomic E-state index is 11.1. The van der Waals surface area contributed by atoms with E-state index >= 15 is 0 Å². The zero-order valence-electron chi connectivity index (χ0n) is 8.32. The molecule has 1 unspecified atom stereocenters. The highest BCUT2D eigenvalue weighted by Crippen LogP contribution is 1.91. The number of hydrogen-bond donors (Lipinski definition) is 2. The Bertz CT molecular complexity index is 288. The molecule has 76 valence electrons. The summed E-state index contributed by atoms with van der Waals surface area (Å²) >= 11 is 0. The fourth-order valence-corrected chi connectivity index (χ4v) is 0.995. The number of rotatable bonds is 4. The Morgan fingerprint density at radius 2 is 2.43 bits per heavy atom. The van der Waals surface area contributed by atoms with E-state index in [0.717, 1.165) is 5.69 Å². The average Bonchev–Trinajstić information content (AvgIpc) is 2.26. The molecule has 2 N–H and O–H groups in total. The van der Waals surface area contributed by atoms with Crippen LogP contribution in [0.5, 0.6) is 0 Å². The molecule has 0 aliphatic heterocycles. The highest BCUT2D eigenvalue weighted by Gasteiger charge is 2.09. The maximum Gasteiger partial charge on any atom is 0.236 e. The molecule has 1 aromatic heterocycles. The number of hydrogen-bond acceptors (Lipinski definition) is 4. The van der Waals surface area contributed by atoms with Crippen molar-refractivity contribution in [1.82, 2.24) is 20.8 Å². The van der Waals surface area contributed by atoms with Gasteiger partial charge in [-0.05, 0) is 19.1 Å². The molecule has 1 aromatic rings. The molecule has 1 amide bonds. The van der Waals surface area contributed by atoms with Gasteiger partial charge in [-0.15, -0.1) is 0 Å². The van der Waals surface area contributed by atoms with Crippen molar-refractivity contribution >= 4 is 5.91 Å². The summed E-state index contributed by atoms with van der Waals surface area (Å²) in [7, 11) is 1.61. The molecule has 0 fully saturated rings. The number of carbonyl (C=O) groups is 1. The lowest BCUT2D eigenvalue weighted by Crippen LogP contribution is -2.40. The second-order valence-electron chi connectivity index (χ2n) is 2.93. The summed E-state index contributed by atoms with van der Waals surface area (Å²) in [6.45, 7) is 2.34. The monoisotopic (exact) mass is 194 g/mol. The minimum absolute atomic E-state index is 0.0334. The van der Waals surface area contributed by atoms with Crippen molar-refractivity contribution in [3.05, 3.63) is 24.0 Å². The quantitative estimate of drug-likeness (QED) is 0.690. The molecule has 1 atom stereocenters. The number of likely N-dealkylation sites (N-methyl/N-ethyl adjacent to an activating group) is 1. The first kappa shape index (κ1) is 10.6. The largest absolute Gasteiger partial charge is 0.358 e. The molecule has 0 saturated heterocycles. The third-order valence-corrected chi connectivity index (χ3v) is 1.86. The Hall–Kier alpha value is -1.49. The fourth-order valence-electron chi connectivity index (χ4n) is 0.995. The van der Waals surface area contributed by atoms with Gasteiger partial charge in [-0.3, -0.25) is 4.79 Å². The van der Waals surface area contributed by atoms with Crippen LogP contribution in [0.15, 0.2) is 18.3 Å². The molecule has 1 rings (SSSR count). The second-order valence-corrected chi connectivity index (χ2v) is 2.93. The van der Waals surface area contributed by atoms with Crippen LogP contribution in [-0.2, 0) is 11.3 Å². The third-order valence-electron chi connectivity index (χ3n) is 1.86. The molecular weight excluding hydrogens is 180 g/mol. The van der Waals surface area contributed by atoms with Crippen LogP contribution in [0.25, 0.3) is 0 Å². The minimum atomic E-state index is -0.220. The number of carbonyl (C=O) groups excluding carboxylic acids is 1. The van der Waals surface area contributed by atoms with Crippen LogP contribution in [0.2, 0.25) is 0 Å². The lowest BCUT2D eigenvalue weighted by atomic mass is 10.3. The Morgan fingerprint density at radius 1 is 1.64 bits per heavy atom. The van der Waals surface area contributed by atoms with Gasteiger partial charge in [0.1, 0.15) is 0 Å². The molecule has 0 saturated carbocycles. The normalized spacial score (nSPS) is 12.1. The first-order valence-corrected chi connectivity index (χ1v) is 4.45. The maximum absolute atomic E-state index is 11.1. The zero-order chi connectivity index (χ0) is 10.4. The van der Waals surface area contributed by atoms with E-state index in [1.807, 2.05) is 12.1 Å². The number of amides is 1. The van der Waals surface area contributed by atoms with Crippen molar-refractivity contribution in [3.8, 4) is 0 Å². The van der Waals surface area contributed by atoms with Crippen LogP contribution in [0.1, 0.15) is 12.6 Å². The van der Waals surface area contributed by atoms with Gasteiger partial charge in [0.2, 0.25) is 5.91 Å². The summed E-state index contributed by atoms with van der Waals surface area (Å²) < 4.78 is 0. The minimum Gasteiger partial charge on any atom is -0.358 e. The van der Waals surface area contributed by atoms with Crippen LogP contribution < -0.4 is 10.6 Å². The highest BCUT2D eigenvalue weighted by atomic mass is 16.2. The van der Waals surface area contributed by atoms with E-state index in [1.54, 1.807) is 20.2 Å². The van der Waals surface area contributed by atoms with Gasteiger partial charge in [0.25, 0.3) is 0 Å². The predicted molar refractivity (Wildman–Crippen MR) is 52.4 cm³/mol. The molecule has 0 aromatic carbocycles. The van der Waals surface area contributed by atoms with Crippen LogP contribution in [-0.4, -0.2) is 29.2 Å². The van der Waals surface area contributed by atoms with Crippen molar-refractivity contribution in [1.29, 1.82) is 0 Å². The first-order chi connectivity index (χ1) is 6.74. The molecule has 0 aliphatic rings. The van der Waals surface area contributed by atoms with E-state index < -0.39 is 0 Å². The topological polar surface area (TPSA) is 66.9 Å². The predicted octanol–water partition coefficient (Wildman–Crippen LogP) is -0.299. The molecule has 5 nitrogen and oxygen atoms in total. The molecule has 14 heavy (non-hydrogen) atoms. The van der Waals surface area contributed by atoms with Crippen LogP contribution in [0.3, 0.4) is 0 Å². The number of nitrogens with one attached hydrogen (secondary N) is 2. The van der Waals surface area contributed by atoms with E-state index in [2.05, 4.69) is 20.8 Å². The summed E-state index contributed by atoms with van der Waals surface area (Å²) in [5, 5.41) is 13.2. The summed E-state index contributed by atoms with van der Waals surface area (Å²) in [6, 6.07) is 3.45. The first-order valence-electron chi connectivity index (χ1n) is 4.45. The second kappa shape index (κ2) is 5.29. The summed E-state index contributed by atoms with van der Waals surface area (Å²) in [4.78, 5) is 11.1. The smallest absolute Gasteiger partial charge is 0.236 e. The third kappa shape index (κ3) is 3.10. The van der Waals surface area contributed by atoms with Gasteiger partial charge in [-0.2, -0.15) is 10.2 Å². The van der Waals surface area contributed by atoms with Crippen molar-refractivity contribution in [3.63, 3.8) is 0 Å². The van der Waals surface area contributed by atoms with Crippen molar-refractivity contribution in [2.45, 2.75) is 19.5 Å². The van der Waals surface area contributed by atoms with Gasteiger partial charge in [0.05, 0.1) is 11.7 Å². The Morgan fingerprint density at radius 3 is 3.00 bits per heavy atom. The molecule has 0 bridgehead atoms. The molecule has 0 radical (unpaired) electrons. The van der Waals surface area contributed by atoms with Gasteiger partial charge < -0.3 is 10.6 Å². The van der Waals surface area contributed by atoms with Crippen molar-refractivity contribution < 1.29 is 4.79 Å². The zero-order valence-corrected chi connectivity index (χ0v) is 8.32. The van der Waals surface area contributed by atoms with Gasteiger partial charge in [0, 0.05) is 19.8 Å². The van der Waals surface area contributed by atoms with Gasteiger partial charge in [-0.1, -0.05) is 0 Å². The summed E-state index contributed by atoms with van der Waals surface area (Å²) in [5.74, 6) is -0.0334. The molecular formula is C9H14N4O. The molecule has 0 spiro atoms. The Labute approximate surface area is 82.9 Å². The standard InChI is InChI=1S/C9H14N4O/c1-7(9(14)10-2)11-6-8-4-3-5-12-13-8/h3-5,7,11H,6H2,1-2H3,(H,10,14). The van der Waals surface area contributed by atoms with E-state index in [-0.39, 0.29) is 11.9 Å². The molecule has 0 aliphatic carbocycles. The SMILES string of the molecule is CNC(=O)C(C)NCc1cccnn1.